The molecule has 0 aromatic carbocycles. The largest absolute Gasteiger partial charge is 0.388 e. The number of nitrogens with two attached hydrogens (primary N) is 4. The molecule has 33 heavy (non-hydrogen) atoms. The first-order valence-electron chi connectivity index (χ1n) is 11.1. The average Bonchev–Trinajstić information content (AvgIpc) is 2.75. The molecule has 2 saturated heterocycles. The zero-order chi connectivity index (χ0) is 24.7. The van der Waals surface area contributed by atoms with E-state index < -0.39 is 85.1 Å². The van der Waals surface area contributed by atoms with Crippen LogP contribution in [0.2, 0.25) is 0 Å². The minimum Gasteiger partial charge on any atom is -0.388 e. The van der Waals surface area contributed by atoms with Crippen LogP contribution < -0.4 is 28.3 Å². The van der Waals surface area contributed by atoms with E-state index in [4.69, 9.17) is 41.9 Å². The summed E-state index contributed by atoms with van der Waals surface area (Å²) in [5.74, 6) is 0. The molecular formula is C19H39N5O9. The first-order valence-corrected chi connectivity index (χ1v) is 11.1. The molecule has 0 aromatic heterocycles. The lowest BCUT2D eigenvalue weighted by molar-refractivity contribution is -0.314. The number of aliphatic hydroxyl groups is 5. The lowest BCUT2D eigenvalue weighted by Gasteiger charge is -2.49. The molecule has 0 bridgehead atoms. The van der Waals surface area contributed by atoms with Crippen LogP contribution >= 0.6 is 0 Å². The zero-order valence-electron chi connectivity index (χ0n) is 18.8. The zero-order valence-corrected chi connectivity index (χ0v) is 18.8. The molecule has 14 N–H and O–H groups in total. The van der Waals surface area contributed by atoms with Crippen molar-refractivity contribution in [3.8, 4) is 0 Å². The Morgan fingerprint density at radius 1 is 0.939 bits per heavy atom. The van der Waals surface area contributed by atoms with Gasteiger partial charge in [-0.2, -0.15) is 0 Å². The lowest BCUT2D eigenvalue weighted by atomic mass is 9.84. The normalized spacial score (nSPS) is 53.7. The second-order valence-corrected chi connectivity index (χ2v) is 9.39. The third-order valence-electron chi connectivity index (χ3n) is 6.77. The van der Waals surface area contributed by atoms with Gasteiger partial charge in [-0.05, 0) is 20.4 Å². The van der Waals surface area contributed by atoms with Crippen molar-refractivity contribution in [2.45, 2.75) is 98.4 Å². The summed E-state index contributed by atoms with van der Waals surface area (Å²) < 4.78 is 22.8. The van der Waals surface area contributed by atoms with Crippen LogP contribution in [0.5, 0.6) is 0 Å². The highest BCUT2D eigenvalue weighted by atomic mass is 16.7. The van der Waals surface area contributed by atoms with Crippen molar-refractivity contribution in [1.82, 2.24) is 5.32 Å². The molecule has 3 aliphatic rings. The summed E-state index contributed by atoms with van der Waals surface area (Å²) in [5, 5.41) is 55.2. The fourth-order valence-electron chi connectivity index (χ4n) is 4.78. The van der Waals surface area contributed by atoms with E-state index in [1.165, 1.54) is 6.92 Å². The van der Waals surface area contributed by atoms with Crippen LogP contribution in [0.4, 0.5) is 0 Å². The van der Waals surface area contributed by atoms with Gasteiger partial charge in [0.25, 0.3) is 0 Å². The molecule has 2 aliphatic heterocycles. The smallest absolute Gasteiger partial charge is 0.185 e. The quantitative estimate of drug-likeness (QED) is 0.169. The molecule has 2 heterocycles. The van der Waals surface area contributed by atoms with E-state index in [1.54, 1.807) is 7.05 Å². The molecule has 0 amide bonds. The predicted octanol–water partition coefficient (Wildman–Crippen LogP) is -6.04. The van der Waals surface area contributed by atoms with Crippen molar-refractivity contribution in [3.63, 3.8) is 0 Å². The predicted molar refractivity (Wildman–Crippen MR) is 113 cm³/mol. The van der Waals surface area contributed by atoms with Gasteiger partial charge in [0.1, 0.15) is 48.3 Å². The van der Waals surface area contributed by atoms with Crippen LogP contribution in [-0.2, 0) is 18.9 Å². The Hall–Kier alpha value is -0.560. The van der Waals surface area contributed by atoms with Crippen molar-refractivity contribution in [3.05, 3.63) is 0 Å². The van der Waals surface area contributed by atoms with E-state index in [-0.39, 0.29) is 19.6 Å². The van der Waals surface area contributed by atoms with Gasteiger partial charge in [-0.3, -0.25) is 0 Å². The maximum atomic E-state index is 11.0. The summed E-state index contributed by atoms with van der Waals surface area (Å²) in [6.07, 6.45) is -10.5. The standard InChI is InChI=1S/C19H39N5O9/c1-19(29)5-30-18(13(28)16(19)24-2)33-15-7(22)3-6(21)14(12(15)27)32-17-9(23)11(26)10(25)8(4-20)31-17/h6-18,24-29H,3-5,20-23H2,1-2H3/t6-,7-,8-,9-,10+,11+,12-,13-,14-,15+,16+,17-,18-,19+/m0/s1. The molecule has 0 aromatic rings. The molecule has 14 atom stereocenters. The monoisotopic (exact) mass is 481 g/mol. The third kappa shape index (κ3) is 5.34. The van der Waals surface area contributed by atoms with E-state index in [9.17, 15) is 25.5 Å². The summed E-state index contributed by atoms with van der Waals surface area (Å²) in [5.41, 5.74) is 22.6. The summed E-state index contributed by atoms with van der Waals surface area (Å²) in [4.78, 5) is 0. The van der Waals surface area contributed by atoms with Gasteiger partial charge in [-0.15, -0.1) is 0 Å². The van der Waals surface area contributed by atoms with E-state index >= 15 is 0 Å². The van der Waals surface area contributed by atoms with Gasteiger partial charge >= 0.3 is 0 Å². The van der Waals surface area contributed by atoms with E-state index in [0.29, 0.717) is 0 Å². The van der Waals surface area contributed by atoms with Crippen LogP contribution in [0.3, 0.4) is 0 Å². The Labute approximate surface area is 192 Å². The fourth-order valence-corrected chi connectivity index (χ4v) is 4.78. The van der Waals surface area contributed by atoms with Gasteiger partial charge < -0.3 is 72.7 Å². The first-order chi connectivity index (χ1) is 15.4. The molecular weight excluding hydrogens is 442 g/mol. The van der Waals surface area contributed by atoms with Crippen molar-refractivity contribution >= 4 is 0 Å². The van der Waals surface area contributed by atoms with Gasteiger partial charge in [-0.1, -0.05) is 0 Å². The van der Waals surface area contributed by atoms with Gasteiger partial charge in [0.2, 0.25) is 0 Å². The number of rotatable bonds is 6. The Balaban J connectivity index is 1.71. The fraction of sp³-hybridized carbons (Fsp3) is 1.00. The van der Waals surface area contributed by atoms with Gasteiger partial charge in [-0.25, -0.2) is 0 Å². The van der Waals surface area contributed by atoms with Crippen molar-refractivity contribution in [1.29, 1.82) is 0 Å². The van der Waals surface area contributed by atoms with Crippen LogP contribution in [0.15, 0.2) is 0 Å². The van der Waals surface area contributed by atoms with Gasteiger partial charge in [0.15, 0.2) is 12.6 Å². The number of hydrogen-bond donors (Lipinski definition) is 10. The van der Waals surface area contributed by atoms with Crippen molar-refractivity contribution in [2.24, 2.45) is 22.9 Å². The SMILES string of the molecule is CN[C@@H]1[C@H](O)[C@H](O[C@H]2[C@@H](O)[C@@H](O[C@@H]3O[C@@H](CN)[C@@H](O)[C@H](O)[C@@H]3N)[C@@H](N)C[C@@H]2N)OC[C@@]1(C)O. The molecule has 0 radical (unpaired) electrons. The van der Waals surface area contributed by atoms with Gasteiger partial charge in [0, 0.05) is 18.6 Å². The summed E-state index contributed by atoms with van der Waals surface area (Å²) in [6, 6.07) is -3.32. The maximum Gasteiger partial charge on any atom is 0.185 e. The highest BCUT2D eigenvalue weighted by Crippen LogP contribution is 2.31. The number of hydrogen-bond acceptors (Lipinski definition) is 14. The molecule has 1 saturated carbocycles. The number of nitrogens with one attached hydrogen (secondary N) is 1. The topological polar surface area (TPSA) is 254 Å². The molecule has 194 valence electrons. The minimum absolute atomic E-state index is 0.0893. The Morgan fingerprint density at radius 2 is 1.52 bits per heavy atom. The highest BCUT2D eigenvalue weighted by Gasteiger charge is 2.51. The first kappa shape index (κ1) is 27.0. The van der Waals surface area contributed by atoms with Crippen LogP contribution in [0.1, 0.15) is 13.3 Å². The van der Waals surface area contributed by atoms with Crippen LogP contribution in [-0.4, -0.2) is 131 Å². The highest BCUT2D eigenvalue weighted by molar-refractivity contribution is 5.02. The average molecular weight is 482 g/mol. The summed E-state index contributed by atoms with van der Waals surface area (Å²) in [7, 11) is 1.59. The summed E-state index contributed by atoms with van der Waals surface area (Å²) in [6.45, 7) is 1.31. The van der Waals surface area contributed by atoms with E-state index in [1.807, 2.05) is 0 Å². The third-order valence-corrected chi connectivity index (χ3v) is 6.77. The van der Waals surface area contributed by atoms with Crippen molar-refractivity contribution in [2.75, 3.05) is 20.2 Å². The van der Waals surface area contributed by atoms with E-state index in [0.717, 1.165) is 0 Å². The Bertz CT molecular complexity index is 647. The lowest BCUT2D eigenvalue weighted by Crippen LogP contribution is -2.69. The number of ether oxygens (including phenoxy) is 4. The molecule has 0 unspecified atom stereocenters. The summed E-state index contributed by atoms with van der Waals surface area (Å²) >= 11 is 0. The second-order valence-electron chi connectivity index (χ2n) is 9.39. The minimum atomic E-state index is -1.37. The van der Waals surface area contributed by atoms with Gasteiger partial charge in [0.05, 0.1) is 18.7 Å². The maximum absolute atomic E-state index is 11.0. The van der Waals surface area contributed by atoms with Crippen LogP contribution in [0, 0.1) is 0 Å². The molecule has 14 heteroatoms. The Kier molecular flexibility index (Phi) is 8.68. The Morgan fingerprint density at radius 3 is 2.06 bits per heavy atom. The molecule has 3 fully saturated rings. The molecule has 0 spiro atoms. The molecule has 14 nitrogen and oxygen atoms in total. The number of likely N-dealkylation sites (N-methyl/N-ethyl adjacent to an activating group) is 1. The van der Waals surface area contributed by atoms with E-state index in [2.05, 4.69) is 5.32 Å². The second kappa shape index (κ2) is 10.6. The molecule has 3 rings (SSSR count). The van der Waals surface area contributed by atoms with Crippen molar-refractivity contribution < 1.29 is 44.5 Å². The molecule has 1 aliphatic carbocycles. The van der Waals surface area contributed by atoms with Crippen LogP contribution in [0.25, 0.3) is 0 Å². The number of aliphatic hydroxyl groups excluding tert-OH is 4.